The van der Waals surface area contributed by atoms with Gasteiger partial charge in [-0.15, -0.1) is 0 Å². The van der Waals surface area contributed by atoms with E-state index in [4.69, 9.17) is 4.74 Å². The number of benzene rings is 1. The van der Waals surface area contributed by atoms with Crippen LogP contribution in [0.25, 0.3) is 0 Å². The second kappa shape index (κ2) is 6.14. The number of hydrogen-bond acceptors (Lipinski definition) is 6. The van der Waals surface area contributed by atoms with Gasteiger partial charge in [-0.05, 0) is 19.1 Å². The summed E-state index contributed by atoms with van der Waals surface area (Å²) in [4.78, 5) is 14.8. The van der Waals surface area contributed by atoms with Crippen molar-refractivity contribution >= 4 is 12.1 Å². The van der Waals surface area contributed by atoms with Gasteiger partial charge in [0.05, 0.1) is 18.4 Å². The first-order valence-electron chi connectivity index (χ1n) is 6.36. The molecule has 1 aromatic rings. The maximum absolute atomic E-state index is 10.8. The highest BCUT2D eigenvalue weighted by Gasteiger charge is 2.27. The third-order valence-corrected chi connectivity index (χ3v) is 2.94. The summed E-state index contributed by atoms with van der Waals surface area (Å²) in [5.74, 6) is 1.15. The number of nitrogens with zero attached hydrogens (tertiary/aromatic N) is 3. The van der Waals surface area contributed by atoms with Gasteiger partial charge in [-0.25, -0.2) is 4.99 Å². The number of ether oxygens (including phenoxy) is 1. The van der Waals surface area contributed by atoms with E-state index in [1.807, 2.05) is 31.2 Å². The molecule has 0 amide bonds. The SMILES string of the molecule is CCOc1ccccc1C1=NC(C(C)[N+](=O)[O-])C=NN1. The van der Waals surface area contributed by atoms with Crippen molar-refractivity contribution in [3.05, 3.63) is 39.9 Å². The molecule has 0 radical (unpaired) electrons. The predicted octanol–water partition coefficient (Wildman–Crippen LogP) is 1.45. The molecule has 0 fully saturated rings. The van der Waals surface area contributed by atoms with E-state index in [1.54, 1.807) is 0 Å². The van der Waals surface area contributed by atoms with E-state index in [9.17, 15) is 10.1 Å². The minimum Gasteiger partial charge on any atom is -0.493 e. The lowest BCUT2D eigenvalue weighted by atomic mass is 10.1. The number of hydrazone groups is 1. The van der Waals surface area contributed by atoms with E-state index in [0.29, 0.717) is 18.2 Å². The Morgan fingerprint density at radius 3 is 2.95 bits per heavy atom. The standard InChI is InChI=1S/C13H16N4O3/c1-3-20-12-7-5-4-6-10(12)13-15-11(8-14-16-13)9(2)17(18)19/h4-9,11H,3H2,1-2H3,(H,15,16). The third-order valence-electron chi connectivity index (χ3n) is 2.94. The Bertz CT molecular complexity index is 556. The van der Waals surface area contributed by atoms with Crippen molar-refractivity contribution in [2.24, 2.45) is 10.1 Å². The normalized spacial score (nSPS) is 18.9. The number of para-hydroxylation sites is 1. The van der Waals surface area contributed by atoms with Crippen LogP contribution in [0.4, 0.5) is 0 Å². The number of hydrogen-bond donors (Lipinski definition) is 1. The van der Waals surface area contributed by atoms with Crippen LogP contribution in [0.15, 0.2) is 34.4 Å². The summed E-state index contributed by atoms with van der Waals surface area (Å²) in [6, 6.07) is 5.97. The molecule has 1 aromatic carbocycles. The number of nitro groups is 1. The fourth-order valence-corrected chi connectivity index (χ4v) is 1.82. The van der Waals surface area contributed by atoms with Crippen molar-refractivity contribution in [1.82, 2.24) is 5.43 Å². The minimum atomic E-state index is -0.824. The largest absolute Gasteiger partial charge is 0.493 e. The Morgan fingerprint density at radius 1 is 1.50 bits per heavy atom. The Kier molecular flexibility index (Phi) is 4.29. The molecule has 0 aromatic heterocycles. The molecule has 2 atom stereocenters. The van der Waals surface area contributed by atoms with Crippen LogP contribution in [-0.2, 0) is 0 Å². The molecule has 1 N–H and O–H groups in total. The summed E-state index contributed by atoms with van der Waals surface area (Å²) in [6.45, 7) is 3.93. The summed E-state index contributed by atoms with van der Waals surface area (Å²) in [7, 11) is 0. The molecule has 1 aliphatic rings. The van der Waals surface area contributed by atoms with Gasteiger partial charge in [-0.3, -0.25) is 15.5 Å². The maximum atomic E-state index is 10.8. The first kappa shape index (κ1) is 14.0. The zero-order chi connectivity index (χ0) is 14.5. The first-order valence-corrected chi connectivity index (χ1v) is 6.36. The first-order chi connectivity index (χ1) is 9.63. The van der Waals surface area contributed by atoms with E-state index in [0.717, 1.165) is 5.56 Å². The van der Waals surface area contributed by atoms with Crippen molar-refractivity contribution in [1.29, 1.82) is 0 Å². The van der Waals surface area contributed by atoms with Crippen molar-refractivity contribution in [3.8, 4) is 5.75 Å². The molecular formula is C13H16N4O3. The number of nitrogens with one attached hydrogen (secondary N) is 1. The average Bonchev–Trinajstić information content (AvgIpc) is 2.47. The Balaban J connectivity index is 2.31. The number of amidine groups is 1. The average molecular weight is 276 g/mol. The Labute approximate surface area is 116 Å². The van der Waals surface area contributed by atoms with Crippen LogP contribution in [0.3, 0.4) is 0 Å². The summed E-state index contributed by atoms with van der Waals surface area (Å²) in [6.07, 6.45) is 1.44. The smallest absolute Gasteiger partial charge is 0.237 e. The molecule has 1 aliphatic heterocycles. The van der Waals surface area contributed by atoms with Crippen molar-refractivity contribution < 1.29 is 9.66 Å². The lowest BCUT2D eigenvalue weighted by Crippen LogP contribution is -2.37. The monoisotopic (exact) mass is 276 g/mol. The molecule has 7 nitrogen and oxygen atoms in total. The van der Waals surface area contributed by atoms with Gasteiger partial charge in [0.15, 0.2) is 11.9 Å². The van der Waals surface area contributed by atoms with Gasteiger partial charge in [0.2, 0.25) is 6.04 Å². The van der Waals surface area contributed by atoms with E-state index in [2.05, 4.69) is 15.5 Å². The Hall–Kier alpha value is -2.44. The van der Waals surface area contributed by atoms with Crippen molar-refractivity contribution in [2.45, 2.75) is 25.9 Å². The van der Waals surface area contributed by atoms with E-state index < -0.39 is 12.1 Å². The molecule has 0 spiro atoms. The lowest BCUT2D eigenvalue weighted by Gasteiger charge is -2.18. The number of aliphatic imine (C=N–C) groups is 1. The van der Waals surface area contributed by atoms with Crippen LogP contribution in [0.2, 0.25) is 0 Å². The van der Waals surface area contributed by atoms with E-state index in [-0.39, 0.29) is 4.92 Å². The molecule has 20 heavy (non-hydrogen) atoms. The van der Waals surface area contributed by atoms with Crippen LogP contribution < -0.4 is 10.2 Å². The van der Waals surface area contributed by atoms with Crippen molar-refractivity contribution in [3.63, 3.8) is 0 Å². The fourth-order valence-electron chi connectivity index (χ4n) is 1.82. The second-order valence-corrected chi connectivity index (χ2v) is 4.31. The van der Waals surface area contributed by atoms with E-state index in [1.165, 1.54) is 13.1 Å². The van der Waals surface area contributed by atoms with E-state index >= 15 is 0 Å². The van der Waals surface area contributed by atoms with Gasteiger partial charge in [0.1, 0.15) is 5.75 Å². The molecule has 2 rings (SSSR count). The molecule has 2 unspecified atom stereocenters. The summed E-state index contributed by atoms with van der Waals surface area (Å²) in [5.41, 5.74) is 3.52. The van der Waals surface area contributed by atoms with Crippen LogP contribution in [0, 0.1) is 10.1 Å². The molecule has 1 heterocycles. The number of rotatable bonds is 5. The van der Waals surface area contributed by atoms with Gasteiger partial charge < -0.3 is 4.74 Å². The molecule has 7 heteroatoms. The third kappa shape index (κ3) is 2.93. The fraction of sp³-hybridized carbons (Fsp3) is 0.385. The molecular weight excluding hydrogens is 260 g/mol. The quantitative estimate of drug-likeness (QED) is 0.651. The molecule has 0 bridgehead atoms. The maximum Gasteiger partial charge on any atom is 0.237 e. The van der Waals surface area contributed by atoms with Gasteiger partial charge in [-0.2, -0.15) is 5.10 Å². The molecule has 0 saturated carbocycles. The van der Waals surface area contributed by atoms with Crippen LogP contribution in [0.5, 0.6) is 5.75 Å². The topological polar surface area (TPSA) is 89.1 Å². The highest BCUT2D eigenvalue weighted by Crippen LogP contribution is 2.19. The molecule has 106 valence electrons. The van der Waals surface area contributed by atoms with Crippen LogP contribution >= 0.6 is 0 Å². The minimum absolute atomic E-state index is 0.364. The molecule has 0 aliphatic carbocycles. The van der Waals surface area contributed by atoms with Gasteiger partial charge in [0, 0.05) is 11.8 Å². The molecule has 0 saturated heterocycles. The van der Waals surface area contributed by atoms with Gasteiger partial charge >= 0.3 is 0 Å². The zero-order valence-electron chi connectivity index (χ0n) is 11.3. The second-order valence-electron chi connectivity index (χ2n) is 4.31. The van der Waals surface area contributed by atoms with Gasteiger partial charge in [-0.1, -0.05) is 12.1 Å². The van der Waals surface area contributed by atoms with Crippen molar-refractivity contribution in [2.75, 3.05) is 6.61 Å². The highest BCUT2D eigenvalue weighted by atomic mass is 16.6. The highest BCUT2D eigenvalue weighted by molar-refractivity contribution is 6.03. The van der Waals surface area contributed by atoms with Crippen LogP contribution in [0.1, 0.15) is 19.4 Å². The zero-order valence-corrected chi connectivity index (χ0v) is 11.3. The Morgan fingerprint density at radius 2 is 2.25 bits per heavy atom. The van der Waals surface area contributed by atoms with Gasteiger partial charge in [0.25, 0.3) is 0 Å². The predicted molar refractivity (Wildman–Crippen MR) is 76.0 cm³/mol. The summed E-state index contributed by atoms with van der Waals surface area (Å²) in [5, 5.41) is 14.8. The summed E-state index contributed by atoms with van der Waals surface area (Å²) < 4.78 is 5.53. The summed E-state index contributed by atoms with van der Waals surface area (Å²) >= 11 is 0. The lowest BCUT2D eigenvalue weighted by molar-refractivity contribution is -0.517. The van der Waals surface area contributed by atoms with Crippen LogP contribution in [-0.4, -0.2) is 35.7 Å².